The van der Waals surface area contributed by atoms with Crippen LogP contribution in [0, 0.1) is 0 Å². The van der Waals surface area contributed by atoms with Gasteiger partial charge < -0.3 is 0 Å². The molecule has 0 saturated heterocycles. The first-order valence-electron chi connectivity index (χ1n) is 8.15. The lowest BCUT2D eigenvalue weighted by molar-refractivity contribution is -0.115. The standard InChI is InChI=1S/C21H15NO2S2/c23-20(14-25-21(24)15-8-2-1-3-9-15)22-16-10-4-6-12-18(16)26-19-13-7-5-11-17(19)22/h1-13H,14H2. The van der Waals surface area contributed by atoms with Crippen molar-refractivity contribution in [3.05, 3.63) is 84.4 Å². The predicted molar refractivity (Wildman–Crippen MR) is 107 cm³/mol. The Bertz CT molecular complexity index is 927. The van der Waals surface area contributed by atoms with Crippen LogP contribution in [0.15, 0.2) is 88.7 Å². The first-order valence-corrected chi connectivity index (χ1v) is 9.95. The smallest absolute Gasteiger partial charge is 0.242 e. The Balaban J connectivity index is 1.59. The molecule has 0 radical (unpaired) electrons. The molecule has 4 rings (SSSR count). The van der Waals surface area contributed by atoms with Crippen molar-refractivity contribution in [2.75, 3.05) is 10.7 Å². The molecule has 0 aromatic heterocycles. The highest BCUT2D eigenvalue weighted by molar-refractivity contribution is 8.14. The molecule has 1 aliphatic heterocycles. The quantitative estimate of drug-likeness (QED) is 0.613. The van der Waals surface area contributed by atoms with Gasteiger partial charge in [-0.25, -0.2) is 0 Å². The van der Waals surface area contributed by atoms with Crippen molar-refractivity contribution < 1.29 is 9.59 Å². The second kappa shape index (κ2) is 7.40. The number of fused-ring (bicyclic) bond motifs is 2. The minimum Gasteiger partial charge on any atom is -0.282 e. The van der Waals surface area contributed by atoms with Gasteiger partial charge in [-0.1, -0.05) is 78.1 Å². The van der Waals surface area contributed by atoms with E-state index in [9.17, 15) is 9.59 Å². The van der Waals surface area contributed by atoms with Crippen LogP contribution in [0.5, 0.6) is 0 Å². The number of hydrogen-bond donors (Lipinski definition) is 0. The lowest BCUT2D eigenvalue weighted by Gasteiger charge is -2.30. The lowest BCUT2D eigenvalue weighted by Crippen LogP contribution is -2.30. The van der Waals surface area contributed by atoms with Crippen LogP contribution in [0.4, 0.5) is 11.4 Å². The fourth-order valence-electron chi connectivity index (χ4n) is 2.82. The van der Waals surface area contributed by atoms with Crippen molar-refractivity contribution in [1.29, 1.82) is 0 Å². The highest BCUT2D eigenvalue weighted by atomic mass is 32.2. The molecule has 26 heavy (non-hydrogen) atoms. The Kier molecular flexibility index (Phi) is 4.82. The topological polar surface area (TPSA) is 37.4 Å². The Morgan fingerprint density at radius 1 is 0.769 bits per heavy atom. The van der Waals surface area contributed by atoms with Crippen molar-refractivity contribution in [2.24, 2.45) is 0 Å². The van der Waals surface area contributed by atoms with E-state index in [-0.39, 0.29) is 16.8 Å². The zero-order chi connectivity index (χ0) is 17.9. The first-order chi connectivity index (χ1) is 12.7. The molecular weight excluding hydrogens is 362 g/mol. The third kappa shape index (κ3) is 3.28. The van der Waals surface area contributed by atoms with Gasteiger partial charge in [0.25, 0.3) is 0 Å². The van der Waals surface area contributed by atoms with Gasteiger partial charge in [-0.15, -0.1) is 0 Å². The van der Waals surface area contributed by atoms with Crippen LogP contribution in [-0.4, -0.2) is 16.8 Å². The zero-order valence-corrected chi connectivity index (χ0v) is 15.4. The largest absolute Gasteiger partial charge is 0.282 e. The van der Waals surface area contributed by atoms with Crippen molar-refractivity contribution in [1.82, 2.24) is 0 Å². The fraction of sp³-hybridized carbons (Fsp3) is 0.0476. The third-order valence-electron chi connectivity index (χ3n) is 4.02. The summed E-state index contributed by atoms with van der Waals surface area (Å²) in [5, 5.41) is -0.0908. The molecule has 1 aliphatic rings. The molecule has 0 aliphatic carbocycles. The number of hydrogen-bond acceptors (Lipinski definition) is 4. The van der Waals surface area contributed by atoms with E-state index < -0.39 is 0 Å². The van der Waals surface area contributed by atoms with Crippen LogP contribution in [0.1, 0.15) is 10.4 Å². The molecule has 0 unspecified atom stereocenters. The zero-order valence-electron chi connectivity index (χ0n) is 13.8. The van der Waals surface area contributed by atoms with E-state index in [1.165, 1.54) is 0 Å². The molecule has 0 N–H and O–H groups in total. The molecule has 3 nitrogen and oxygen atoms in total. The predicted octanol–water partition coefficient (Wildman–Crippen LogP) is 5.39. The van der Waals surface area contributed by atoms with E-state index in [0.717, 1.165) is 32.9 Å². The molecule has 0 atom stereocenters. The minimum atomic E-state index is -0.0977. The number of para-hydroxylation sites is 2. The third-order valence-corrected chi connectivity index (χ3v) is 6.04. The lowest BCUT2D eigenvalue weighted by atomic mass is 10.2. The summed E-state index contributed by atoms with van der Waals surface area (Å²) in [6.45, 7) is 0. The van der Waals surface area contributed by atoms with Gasteiger partial charge in [0.05, 0.1) is 17.1 Å². The van der Waals surface area contributed by atoms with E-state index in [0.29, 0.717) is 5.56 Å². The van der Waals surface area contributed by atoms with Gasteiger partial charge >= 0.3 is 0 Å². The van der Waals surface area contributed by atoms with Crippen molar-refractivity contribution >= 4 is 45.9 Å². The van der Waals surface area contributed by atoms with Gasteiger partial charge in [-0.05, 0) is 24.3 Å². The highest BCUT2D eigenvalue weighted by Gasteiger charge is 2.28. The van der Waals surface area contributed by atoms with Crippen LogP contribution < -0.4 is 4.90 Å². The molecule has 3 aromatic rings. The number of rotatable bonds is 3. The second-order valence-corrected chi connectivity index (χ2v) is 7.74. The van der Waals surface area contributed by atoms with Crippen LogP contribution in [0.25, 0.3) is 0 Å². The second-order valence-electron chi connectivity index (χ2n) is 5.71. The molecule has 0 bridgehead atoms. The normalized spacial score (nSPS) is 12.2. The average molecular weight is 377 g/mol. The van der Waals surface area contributed by atoms with Gasteiger partial charge in [0, 0.05) is 15.4 Å². The molecular formula is C21H15NO2S2. The van der Waals surface area contributed by atoms with Gasteiger partial charge in [-0.2, -0.15) is 0 Å². The van der Waals surface area contributed by atoms with Gasteiger partial charge in [0.2, 0.25) is 11.0 Å². The van der Waals surface area contributed by atoms with Crippen LogP contribution in [0.2, 0.25) is 0 Å². The van der Waals surface area contributed by atoms with Crippen molar-refractivity contribution in [3.8, 4) is 0 Å². The number of carbonyl (C=O) groups is 2. The van der Waals surface area contributed by atoms with Gasteiger partial charge in [0.15, 0.2) is 0 Å². The molecule has 0 fully saturated rings. The summed E-state index contributed by atoms with van der Waals surface area (Å²) in [5.74, 6) is 0.000574. The molecule has 3 aromatic carbocycles. The average Bonchev–Trinajstić information content (AvgIpc) is 2.70. The SMILES string of the molecule is O=C(SCC(=O)N1c2ccccc2Sc2ccccc21)c1ccccc1. The molecule has 0 saturated carbocycles. The van der Waals surface area contributed by atoms with Crippen LogP contribution >= 0.6 is 23.5 Å². The number of benzene rings is 3. The van der Waals surface area contributed by atoms with Gasteiger partial charge in [0.1, 0.15) is 0 Å². The number of anilines is 2. The summed E-state index contributed by atoms with van der Waals surface area (Å²) >= 11 is 2.70. The summed E-state index contributed by atoms with van der Waals surface area (Å²) in [5.41, 5.74) is 2.35. The number of nitrogens with zero attached hydrogens (tertiary/aromatic N) is 1. The summed E-state index contributed by atoms with van der Waals surface area (Å²) in [6.07, 6.45) is 0. The molecule has 1 amide bonds. The Morgan fingerprint density at radius 3 is 1.92 bits per heavy atom. The van der Waals surface area contributed by atoms with Crippen LogP contribution in [0.3, 0.4) is 0 Å². The fourth-order valence-corrected chi connectivity index (χ4v) is 4.57. The summed E-state index contributed by atoms with van der Waals surface area (Å²) < 4.78 is 0. The monoisotopic (exact) mass is 377 g/mol. The van der Waals surface area contributed by atoms with Crippen LogP contribution in [-0.2, 0) is 4.79 Å². The highest BCUT2D eigenvalue weighted by Crippen LogP contribution is 2.48. The molecule has 5 heteroatoms. The maximum atomic E-state index is 13.0. The van der Waals surface area contributed by atoms with E-state index in [1.54, 1.807) is 28.8 Å². The molecule has 1 heterocycles. The molecule has 128 valence electrons. The Labute approximate surface area is 160 Å². The maximum absolute atomic E-state index is 13.0. The number of carbonyl (C=O) groups excluding carboxylic acids is 2. The summed E-state index contributed by atoms with van der Waals surface area (Å²) in [6, 6.07) is 24.7. The van der Waals surface area contributed by atoms with Crippen molar-refractivity contribution in [2.45, 2.75) is 9.79 Å². The van der Waals surface area contributed by atoms with Crippen molar-refractivity contribution in [3.63, 3.8) is 0 Å². The number of thioether (sulfide) groups is 1. The maximum Gasteiger partial charge on any atom is 0.242 e. The Morgan fingerprint density at radius 2 is 1.31 bits per heavy atom. The van der Waals surface area contributed by atoms with E-state index in [4.69, 9.17) is 0 Å². The Hall–Kier alpha value is -2.50. The summed E-state index contributed by atoms with van der Waals surface area (Å²) in [4.78, 5) is 29.1. The van der Waals surface area contributed by atoms with E-state index in [1.807, 2.05) is 66.7 Å². The number of amides is 1. The minimum absolute atomic E-state index is 0.0908. The van der Waals surface area contributed by atoms with E-state index in [2.05, 4.69) is 0 Å². The molecule has 0 spiro atoms. The summed E-state index contributed by atoms with van der Waals surface area (Å²) in [7, 11) is 0. The van der Waals surface area contributed by atoms with E-state index >= 15 is 0 Å². The first kappa shape index (κ1) is 16.9. The van der Waals surface area contributed by atoms with Gasteiger partial charge in [-0.3, -0.25) is 14.5 Å².